The van der Waals surface area contributed by atoms with Crippen LogP contribution in [0.5, 0.6) is 0 Å². The van der Waals surface area contributed by atoms with E-state index in [1.54, 1.807) is 24.3 Å². The number of amides is 3. The van der Waals surface area contributed by atoms with Gasteiger partial charge < -0.3 is 19.8 Å². The van der Waals surface area contributed by atoms with Crippen LogP contribution in [0.3, 0.4) is 0 Å². The molecule has 8 nitrogen and oxygen atoms in total. The van der Waals surface area contributed by atoms with Gasteiger partial charge in [-0.2, -0.15) is 0 Å². The number of piperidine rings is 1. The van der Waals surface area contributed by atoms with Crippen molar-refractivity contribution in [3.8, 4) is 0 Å². The predicted molar refractivity (Wildman–Crippen MR) is 128 cm³/mol. The number of sulfone groups is 1. The van der Waals surface area contributed by atoms with Gasteiger partial charge in [-0.05, 0) is 60.7 Å². The molecule has 3 aliphatic heterocycles. The summed E-state index contributed by atoms with van der Waals surface area (Å²) in [4.78, 5) is 30.9. The van der Waals surface area contributed by atoms with Gasteiger partial charge in [0.1, 0.15) is 6.10 Å². The number of aliphatic hydroxyl groups is 1. The van der Waals surface area contributed by atoms with Crippen molar-refractivity contribution in [3.63, 3.8) is 0 Å². The summed E-state index contributed by atoms with van der Waals surface area (Å²) in [5, 5.41) is 12.6. The first-order chi connectivity index (χ1) is 16.2. The zero-order valence-electron chi connectivity index (χ0n) is 18.8. The molecule has 0 unspecified atom stereocenters. The molecular weight excluding hydrogens is 478 g/mol. The van der Waals surface area contributed by atoms with Crippen molar-refractivity contribution in [2.24, 2.45) is 0 Å². The molecule has 2 aromatic carbocycles. The number of benzene rings is 2. The average Bonchev–Trinajstić information content (AvgIpc) is 3.41. The van der Waals surface area contributed by atoms with Crippen LogP contribution in [0.2, 0.25) is 5.02 Å². The van der Waals surface area contributed by atoms with E-state index in [-0.39, 0.29) is 17.0 Å². The standard InChI is InChI=1S/C24H28ClN3O5S/c25-18-5-3-17-13-21(6-4-16(17)12-18)34(32,33)15-22(29)23(30)26-10-7-19(8-11-26)28-14-20-2-1-9-27(20)24(28)31/h3-6,12-13,19-20,22,29H,1-2,7-11,14-15H2/t20-,22-/m1/s1. The molecule has 3 amide bonds. The molecule has 182 valence electrons. The average molecular weight is 506 g/mol. The number of nitrogens with zero attached hydrogens (tertiary/aromatic N) is 3. The van der Waals surface area contributed by atoms with E-state index >= 15 is 0 Å². The van der Waals surface area contributed by atoms with Crippen molar-refractivity contribution in [3.05, 3.63) is 41.4 Å². The molecule has 0 bridgehead atoms. The van der Waals surface area contributed by atoms with E-state index in [2.05, 4.69) is 0 Å². The molecule has 0 radical (unpaired) electrons. The second kappa shape index (κ2) is 9.02. The van der Waals surface area contributed by atoms with Crippen LogP contribution in [-0.4, -0.2) is 90.3 Å². The van der Waals surface area contributed by atoms with Crippen molar-refractivity contribution in [2.75, 3.05) is 31.9 Å². The molecule has 5 rings (SSSR count). The third-order valence-electron chi connectivity index (χ3n) is 7.29. The molecular formula is C24H28ClN3O5S. The Balaban J connectivity index is 1.19. The minimum absolute atomic E-state index is 0.0565. The lowest BCUT2D eigenvalue weighted by Crippen LogP contribution is -2.51. The lowest BCUT2D eigenvalue weighted by atomic mass is 10.0. The number of rotatable bonds is 5. The zero-order valence-corrected chi connectivity index (χ0v) is 20.3. The summed E-state index contributed by atoms with van der Waals surface area (Å²) in [7, 11) is -3.87. The Bertz CT molecular complexity index is 1230. The Kier molecular flexibility index (Phi) is 6.20. The molecule has 3 aliphatic rings. The Hall–Kier alpha value is -2.36. The Morgan fingerprint density at radius 1 is 1.00 bits per heavy atom. The molecule has 0 saturated carbocycles. The smallest absolute Gasteiger partial charge is 0.320 e. The quantitative estimate of drug-likeness (QED) is 0.673. The van der Waals surface area contributed by atoms with Crippen LogP contribution < -0.4 is 0 Å². The van der Waals surface area contributed by atoms with E-state index in [4.69, 9.17) is 11.6 Å². The van der Waals surface area contributed by atoms with Gasteiger partial charge in [-0.25, -0.2) is 13.2 Å². The van der Waals surface area contributed by atoms with Crippen molar-refractivity contribution in [1.29, 1.82) is 0 Å². The van der Waals surface area contributed by atoms with Gasteiger partial charge in [0.05, 0.1) is 16.7 Å². The fourth-order valence-electron chi connectivity index (χ4n) is 5.42. The van der Waals surface area contributed by atoms with E-state index in [9.17, 15) is 23.1 Å². The van der Waals surface area contributed by atoms with E-state index in [1.807, 2.05) is 9.80 Å². The highest BCUT2D eigenvalue weighted by molar-refractivity contribution is 7.91. The highest BCUT2D eigenvalue weighted by Crippen LogP contribution is 2.30. The summed E-state index contributed by atoms with van der Waals surface area (Å²) in [6, 6.07) is 10.3. The van der Waals surface area contributed by atoms with Crippen LogP contribution in [0.15, 0.2) is 41.3 Å². The van der Waals surface area contributed by atoms with E-state index in [0.29, 0.717) is 42.4 Å². The highest BCUT2D eigenvalue weighted by Gasteiger charge is 2.43. The van der Waals surface area contributed by atoms with Crippen LogP contribution in [0.25, 0.3) is 10.8 Å². The van der Waals surface area contributed by atoms with Crippen LogP contribution >= 0.6 is 11.6 Å². The van der Waals surface area contributed by atoms with E-state index < -0.39 is 27.6 Å². The number of carbonyl (C=O) groups excluding carboxylic acids is 2. The number of likely N-dealkylation sites (tertiary alicyclic amines) is 1. The van der Waals surface area contributed by atoms with E-state index in [1.165, 1.54) is 17.0 Å². The highest BCUT2D eigenvalue weighted by atomic mass is 35.5. The fraction of sp³-hybridized carbons (Fsp3) is 0.500. The van der Waals surface area contributed by atoms with Gasteiger partial charge in [0.25, 0.3) is 5.91 Å². The lowest BCUT2D eigenvalue weighted by molar-refractivity contribution is -0.140. The van der Waals surface area contributed by atoms with Gasteiger partial charge in [0.2, 0.25) is 0 Å². The second-order valence-electron chi connectivity index (χ2n) is 9.43. The fourth-order valence-corrected chi connectivity index (χ4v) is 6.94. The van der Waals surface area contributed by atoms with Gasteiger partial charge in [0.15, 0.2) is 9.84 Å². The van der Waals surface area contributed by atoms with Gasteiger partial charge in [0, 0.05) is 37.2 Å². The Morgan fingerprint density at radius 2 is 1.71 bits per heavy atom. The molecule has 0 spiro atoms. The summed E-state index contributed by atoms with van der Waals surface area (Å²) in [5.74, 6) is -1.26. The van der Waals surface area contributed by atoms with Gasteiger partial charge in [-0.3, -0.25) is 4.79 Å². The Labute approximate surface area is 204 Å². The molecule has 3 saturated heterocycles. The molecule has 3 heterocycles. The monoisotopic (exact) mass is 505 g/mol. The van der Waals surface area contributed by atoms with Crippen molar-refractivity contribution >= 4 is 44.1 Å². The number of fused-ring (bicyclic) bond motifs is 2. The van der Waals surface area contributed by atoms with Gasteiger partial charge >= 0.3 is 6.03 Å². The first-order valence-electron chi connectivity index (χ1n) is 11.7. The second-order valence-corrected chi connectivity index (χ2v) is 11.9. The molecule has 3 fully saturated rings. The molecule has 0 aromatic heterocycles. The molecule has 2 aromatic rings. The van der Waals surface area contributed by atoms with Crippen LogP contribution in [0.4, 0.5) is 4.79 Å². The third-order valence-corrected chi connectivity index (χ3v) is 9.25. The number of hydrogen-bond acceptors (Lipinski definition) is 5. The molecule has 34 heavy (non-hydrogen) atoms. The lowest BCUT2D eigenvalue weighted by Gasteiger charge is -2.37. The number of halogens is 1. The van der Waals surface area contributed by atoms with Crippen LogP contribution in [0, 0.1) is 0 Å². The normalized spacial score (nSPS) is 22.5. The van der Waals surface area contributed by atoms with Crippen LogP contribution in [-0.2, 0) is 14.6 Å². The minimum Gasteiger partial charge on any atom is -0.382 e. The number of urea groups is 1. The zero-order chi connectivity index (χ0) is 24.0. The van der Waals surface area contributed by atoms with Crippen molar-refractivity contribution in [1.82, 2.24) is 14.7 Å². The maximum Gasteiger partial charge on any atom is 0.320 e. The maximum atomic E-state index is 12.9. The number of aliphatic hydroxyl groups excluding tert-OH is 1. The number of carbonyl (C=O) groups is 2. The van der Waals surface area contributed by atoms with Crippen molar-refractivity contribution in [2.45, 2.75) is 48.8 Å². The summed E-state index contributed by atoms with van der Waals surface area (Å²) in [6.45, 7) is 2.36. The predicted octanol–water partition coefficient (Wildman–Crippen LogP) is 2.52. The van der Waals surface area contributed by atoms with Gasteiger partial charge in [-0.1, -0.05) is 23.7 Å². The summed E-state index contributed by atoms with van der Waals surface area (Å²) in [6.07, 6.45) is 1.73. The summed E-state index contributed by atoms with van der Waals surface area (Å²) in [5.41, 5.74) is 0. The van der Waals surface area contributed by atoms with E-state index in [0.717, 1.165) is 31.3 Å². The largest absolute Gasteiger partial charge is 0.382 e. The molecule has 1 N–H and O–H groups in total. The third kappa shape index (κ3) is 4.36. The summed E-state index contributed by atoms with van der Waals surface area (Å²) < 4.78 is 25.8. The topological polar surface area (TPSA) is 98.2 Å². The first-order valence-corrected chi connectivity index (χ1v) is 13.7. The van der Waals surface area contributed by atoms with Crippen molar-refractivity contribution < 1.29 is 23.1 Å². The molecule has 2 atom stereocenters. The molecule has 0 aliphatic carbocycles. The van der Waals surface area contributed by atoms with Gasteiger partial charge in [-0.15, -0.1) is 0 Å². The molecule has 10 heteroatoms. The summed E-state index contributed by atoms with van der Waals surface area (Å²) >= 11 is 5.99. The SMILES string of the molecule is O=C([C@H](O)CS(=O)(=O)c1ccc2cc(Cl)ccc2c1)N1CCC(N2C[C@H]3CCCN3C2=O)CC1. The number of hydrogen-bond donors (Lipinski definition) is 1. The maximum absolute atomic E-state index is 12.9. The first kappa shape index (κ1) is 23.4. The Morgan fingerprint density at radius 3 is 2.44 bits per heavy atom. The minimum atomic E-state index is -3.87. The van der Waals surface area contributed by atoms with Crippen LogP contribution in [0.1, 0.15) is 25.7 Å².